The summed E-state index contributed by atoms with van der Waals surface area (Å²) in [5, 5.41) is 19.6. The van der Waals surface area contributed by atoms with E-state index in [2.05, 4.69) is 25.3 Å². The standard InChI is InChI=1S/C29H32O5/c1-4-6-21-10-14-28(33-20-32-3)26(17-21)27-18-22(7-5-2)11-15-29(27)34-25(19-30)16-23-8-12-24(31)13-9-23/h4-5,8-15,17-18,25,30-31H,1-2,6-7,16,19-20H2,3H3. The van der Waals surface area contributed by atoms with Gasteiger partial charge in [-0.3, -0.25) is 0 Å². The number of hydrogen-bond acceptors (Lipinski definition) is 5. The number of aliphatic hydroxyl groups excluding tert-OH is 1. The number of phenols is 1. The van der Waals surface area contributed by atoms with Gasteiger partial charge in [-0.2, -0.15) is 0 Å². The second kappa shape index (κ2) is 12.6. The molecule has 0 bridgehead atoms. The second-order valence-corrected chi connectivity index (χ2v) is 7.99. The van der Waals surface area contributed by atoms with E-state index < -0.39 is 6.10 Å². The Kier molecular flexibility index (Phi) is 9.32. The van der Waals surface area contributed by atoms with Crippen molar-refractivity contribution >= 4 is 0 Å². The molecule has 0 amide bonds. The Morgan fingerprint density at radius 3 is 1.94 bits per heavy atom. The van der Waals surface area contributed by atoms with Crippen LogP contribution in [0.3, 0.4) is 0 Å². The Bertz CT molecular complexity index is 1090. The third-order valence-electron chi connectivity index (χ3n) is 5.37. The van der Waals surface area contributed by atoms with Crippen LogP contribution in [0.1, 0.15) is 16.7 Å². The molecular weight excluding hydrogens is 428 g/mol. The van der Waals surface area contributed by atoms with Gasteiger partial charge in [0, 0.05) is 24.7 Å². The van der Waals surface area contributed by atoms with Crippen molar-refractivity contribution in [1.82, 2.24) is 0 Å². The molecule has 0 radical (unpaired) electrons. The lowest BCUT2D eigenvalue weighted by atomic mass is 9.97. The van der Waals surface area contributed by atoms with E-state index in [0.717, 1.165) is 34.2 Å². The van der Waals surface area contributed by atoms with Crippen LogP contribution in [0.4, 0.5) is 0 Å². The molecule has 3 aromatic carbocycles. The number of benzene rings is 3. The molecule has 2 N–H and O–H groups in total. The Morgan fingerprint density at radius 1 is 0.824 bits per heavy atom. The van der Waals surface area contributed by atoms with Crippen molar-refractivity contribution in [2.24, 2.45) is 0 Å². The number of allylic oxidation sites excluding steroid dienone is 2. The number of aliphatic hydroxyl groups is 1. The molecule has 0 aliphatic heterocycles. The molecule has 0 saturated carbocycles. The molecule has 3 aromatic rings. The Morgan fingerprint density at radius 2 is 1.38 bits per heavy atom. The molecule has 0 aliphatic carbocycles. The van der Waals surface area contributed by atoms with E-state index in [4.69, 9.17) is 14.2 Å². The minimum absolute atomic E-state index is 0.121. The minimum Gasteiger partial charge on any atom is -0.508 e. The molecule has 0 fully saturated rings. The highest BCUT2D eigenvalue weighted by Gasteiger charge is 2.18. The fraction of sp³-hybridized carbons (Fsp3) is 0.241. The maximum absolute atomic E-state index is 10.0. The zero-order valence-corrected chi connectivity index (χ0v) is 19.6. The van der Waals surface area contributed by atoms with Crippen LogP contribution < -0.4 is 9.47 Å². The summed E-state index contributed by atoms with van der Waals surface area (Å²) in [5.41, 5.74) is 4.87. The van der Waals surface area contributed by atoms with Crippen molar-refractivity contribution in [1.29, 1.82) is 0 Å². The molecule has 0 aliphatic rings. The number of aromatic hydroxyl groups is 1. The quantitative estimate of drug-likeness (QED) is 0.261. The second-order valence-electron chi connectivity index (χ2n) is 7.99. The first kappa shape index (κ1) is 25.1. The molecule has 3 rings (SSSR count). The smallest absolute Gasteiger partial charge is 0.188 e. The van der Waals surface area contributed by atoms with Gasteiger partial charge in [0.05, 0.1) is 6.61 Å². The maximum atomic E-state index is 10.0. The molecule has 178 valence electrons. The van der Waals surface area contributed by atoms with Crippen LogP contribution >= 0.6 is 0 Å². The summed E-state index contributed by atoms with van der Waals surface area (Å²) in [6.07, 6.45) is 5.18. The predicted molar refractivity (Wildman–Crippen MR) is 135 cm³/mol. The van der Waals surface area contributed by atoms with Crippen molar-refractivity contribution in [3.05, 3.63) is 103 Å². The first-order chi connectivity index (χ1) is 16.6. The van der Waals surface area contributed by atoms with Crippen LogP contribution in [-0.4, -0.2) is 36.8 Å². The van der Waals surface area contributed by atoms with Crippen molar-refractivity contribution < 1.29 is 24.4 Å². The lowest BCUT2D eigenvalue weighted by molar-refractivity contribution is 0.0515. The average molecular weight is 461 g/mol. The summed E-state index contributed by atoms with van der Waals surface area (Å²) in [7, 11) is 1.58. The normalized spacial score (nSPS) is 11.6. The number of rotatable bonds is 13. The fourth-order valence-corrected chi connectivity index (χ4v) is 3.73. The van der Waals surface area contributed by atoms with Gasteiger partial charge in [-0.25, -0.2) is 0 Å². The Labute approximate surface area is 201 Å². The van der Waals surface area contributed by atoms with Gasteiger partial charge in [0.2, 0.25) is 0 Å². The topological polar surface area (TPSA) is 68.2 Å². The maximum Gasteiger partial charge on any atom is 0.188 e. The first-order valence-electron chi connectivity index (χ1n) is 11.2. The summed E-state index contributed by atoms with van der Waals surface area (Å²) < 4.78 is 17.3. The number of hydrogen-bond donors (Lipinski definition) is 2. The first-order valence-corrected chi connectivity index (χ1v) is 11.2. The van der Waals surface area contributed by atoms with E-state index >= 15 is 0 Å². The molecular formula is C29H32O5. The van der Waals surface area contributed by atoms with Crippen LogP contribution in [0, 0.1) is 0 Å². The number of phenolic OH excluding ortho intramolecular Hbond substituents is 1. The van der Waals surface area contributed by atoms with E-state index in [1.54, 1.807) is 19.2 Å². The molecule has 0 saturated heterocycles. The Hall–Kier alpha value is -3.54. The lowest BCUT2D eigenvalue weighted by Crippen LogP contribution is -2.24. The molecule has 0 spiro atoms. The molecule has 1 unspecified atom stereocenters. The van der Waals surface area contributed by atoms with Gasteiger partial charge in [-0.05, 0) is 65.9 Å². The largest absolute Gasteiger partial charge is 0.508 e. The van der Waals surface area contributed by atoms with Crippen LogP contribution in [0.25, 0.3) is 11.1 Å². The lowest BCUT2D eigenvalue weighted by Gasteiger charge is -2.22. The predicted octanol–water partition coefficient (Wildman–Crippen LogP) is 5.48. The van der Waals surface area contributed by atoms with Gasteiger partial charge in [0.25, 0.3) is 0 Å². The van der Waals surface area contributed by atoms with Crippen molar-refractivity contribution in [2.75, 3.05) is 20.5 Å². The molecule has 5 nitrogen and oxygen atoms in total. The summed E-state index contributed by atoms with van der Waals surface area (Å²) in [4.78, 5) is 0. The van der Waals surface area contributed by atoms with Crippen LogP contribution in [0.2, 0.25) is 0 Å². The summed E-state index contributed by atoms with van der Waals surface area (Å²) >= 11 is 0. The van der Waals surface area contributed by atoms with Crippen molar-refractivity contribution in [3.63, 3.8) is 0 Å². The molecule has 5 heteroatoms. The highest BCUT2D eigenvalue weighted by atomic mass is 16.7. The molecule has 1 atom stereocenters. The Balaban J connectivity index is 2.02. The van der Waals surface area contributed by atoms with Crippen molar-refractivity contribution in [2.45, 2.75) is 25.4 Å². The van der Waals surface area contributed by atoms with E-state index in [1.807, 2.05) is 48.6 Å². The average Bonchev–Trinajstić information content (AvgIpc) is 2.85. The SMILES string of the molecule is C=CCc1ccc(OCOC)c(-c2cc(CC=C)ccc2OC(CO)Cc2ccc(O)cc2)c1. The molecule has 0 heterocycles. The zero-order valence-electron chi connectivity index (χ0n) is 19.6. The summed E-state index contributed by atoms with van der Waals surface area (Å²) in [6.45, 7) is 7.68. The van der Waals surface area contributed by atoms with Gasteiger partial charge in [0.1, 0.15) is 23.4 Å². The molecule has 0 aromatic heterocycles. The van der Waals surface area contributed by atoms with E-state index in [-0.39, 0.29) is 19.1 Å². The third kappa shape index (κ3) is 6.73. The van der Waals surface area contributed by atoms with Gasteiger partial charge in [-0.1, -0.05) is 36.4 Å². The van der Waals surface area contributed by atoms with Gasteiger partial charge in [-0.15, -0.1) is 13.2 Å². The zero-order chi connectivity index (χ0) is 24.3. The minimum atomic E-state index is -0.465. The number of ether oxygens (including phenoxy) is 3. The van der Waals surface area contributed by atoms with E-state index in [9.17, 15) is 10.2 Å². The van der Waals surface area contributed by atoms with Crippen LogP contribution in [0.5, 0.6) is 17.2 Å². The fourth-order valence-electron chi connectivity index (χ4n) is 3.73. The molecule has 34 heavy (non-hydrogen) atoms. The third-order valence-corrected chi connectivity index (χ3v) is 5.37. The summed E-state index contributed by atoms with van der Waals surface area (Å²) in [6, 6.07) is 18.9. The van der Waals surface area contributed by atoms with Crippen LogP contribution in [-0.2, 0) is 24.0 Å². The van der Waals surface area contributed by atoms with E-state index in [0.29, 0.717) is 24.3 Å². The van der Waals surface area contributed by atoms with Gasteiger partial charge < -0.3 is 24.4 Å². The van der Waals surface area contributed by atoms with E-state index in [1.165, 1.54) is 0 Å². The highest BCUT2D eigenvalue weighted by molar-refractivity contribution is 5.77. The van der Waals surface area contributed by atoms with Gasteiger partial charge in [0.15, 0.2) is 6.79 Å². The van der Waals surface area contributed by atoms with Crippen molar-refractivity contribution in [3.8, 4) is 28.4 Å². The summed E-state index contributed by atoms with van der Waals surface area (Å²) in [5.74, 6) is 1.52. The highest BCUT2D eigenvalue weighted by Crippen LogP contribution is 2.39. The van der Waals surface area contributed by atoms with Gasteiger partial charge >= 0.3 is 0 Å². The number of methoxy groups -OCH3 is 1. The monoisotopic (exact) mass is 460 g/mol. The van der Waals surface area contributed by atoms with Crippen LogP contribution in [0.15, 0.2) is 86.0 Å².